The van der Waals surface area contributed by atoms with Crippen LogP contribution in [0, 0.1) is 27.7 Å². The third kappa shape index (κ3) is 2.68. The lowest BCUT2D eigenvalue weighted by molar-refractivity contribution is 0.0732. The molecule has 1 saturated heterocycles. The van der Waals surface area contributed by atoms with E-state index >= 15 is 0 Å². The smallest absolute Gasteiger partial charge is 0.255 e. The maximum Gasteiger partial charge on any atom is 0.255 e. The molecule has 1 atom stereocenters. The molecule has 0 spiro atoms. The molecule has 1 amide bonds. The summed E-state index contributed by atoms with van der Waals surface area (Å²) < 4.78 is 5.24. The first-order chi connectivity index (χ1) is 12.5. The van der Waals surface area contributed by atoms with Gasteiger partial charge in [-0.2, -0.15) is 0 Å². The number of likely N-dealkylation sites (tertiary alicyclic amines) is 1. The standard InChI is InChI=1S/C21H23N3O2/c1-12-7-8-17-16(10-12)20(14(3)15(4)22-17)21(25)24-9-5-6-19(24)18-11-13(2)26-23-18/h7-8,10-11,19H,5-6,9H2,1-4H3/t19-/m1/s1. The number of rotatable bonds is 2. The Hall–Kier alpha value is -2.69. The van der Waals surface area contributed by atoms with Gasteiger partial charge >= 0.3 is 0 Å². The molecule has 5 heteroatoms. The fraction of sp³-hybridized carbons (Fsp3) is 0.381. The number of pyridine rings is 1. The van der Waals surface area contributed by atoms with Crippen molar-refractivity contribution in [2.45, 2.75) is 46.6 Å². The van der Waals surface area contributed by atoms with Crippen LogP contribution in [-0.2, 0) is 0 Å². The highest BCUT2D eigenvalue weighted by Gasteiger charge is 2.34. The van der Waals surface area contributed by atoms with E-state index in [9.17, 15) is 4.79 Å². The average Bonchev–Trinajstić information content (AvgIpc) is 3.24. The second-order valence-electron chi connectivity index (χ2n) is 7.24. The minimum Gasteiger partial charge on any atom is -0.361 e. The Kier molecular flexibility index (Phi) is 4.02. The van der Waals surface area contributed by atoms with Gasteiger partial charge in [-0.1, -0.05) is 16.8 Å². The number of amides is 1. The van der Waals surface area contributed by atoms with Gasteiger partial charge in [0.2, 0.25) is 0 Å². The molecular weight excluding hydrogens is 326 g/mol. The van der Waals surface area contributed by atoms with Gasteiger partial charge in [0.15, 0.2) is 0 Å². The Morgan fingerprint density at radius 3 is 2.73 bits per heavy atom. The van der Waals surface area contributed by atoms with Gasteiger partial charge in [0.05, 0.1) is 17.1 Å². The van der Waals surface area contributed by atoms with Gasteiger partial charge in [-0.25, -0.2) is 0 Å². The molecule has 0 aliphatic carbocycles. The maximum absolute atomic E-state index is 13.6. The summed E-state index contributed by atoms with van der Waals surface area (Å²) in [5.74, 6) is 0.836. The van der Waals surface area contributed by atoms with E-state index in [2.05, 4.69) is 16.2 Å². The van der Waals surface area contributed by atoms with Gasteiger partial charge < -0.3 is 9.42 Å². The minimum atomic E-state index is -0.0207. The van der Waals surface area contributed by atoms with Crippen LogP contribution >= 0.6 is 0 Å². The molecule has 134 valence electrons. The van der Waals surface area contributed by atoms with Crippen molar-refractivity contribution in [1.29, 1.82) is 0 Å². The molecule has 1 aliphatic rings. The Morgan fingerprint density at radius 1 is 1.19 bits per heavy atom. The summed E-state index contributed by atoms with van der Waals surface area (Å²) in [6, 6.07) is 8.01. The van der Waals surface area contributed by atoms with Crippen LogP contribution in [0.15, 0.2) is 28.8 Å². The van der Waals surface area contributed by atoms with E-state index in [1.54, 1.807) is 0 Å². The molecule has 1 aliphatic heterocycles. The van der Waals surface area contributed by atoms with Gasteiger partial charge in [-0.05, 0) is 58.2 Å². The first-order valence-electron chi connectivity index (χ1n) is 9.07. The number of hydrogen-bond acceptors (Lipinski definition) is 4. The van der Waals surface area contributed by atoms with E-state index < -0.39 is 0 Å². The lowest BCUT2D eigenvalue weighted by atomic mass is 9.98. The zero-order valence-corrected chi connectivity index (χ0v) is 15.7. The van der Waals surface area contributed by atoms with E-state index in [0.717, 1.165) is 64.1 Å². The summed E-state index contributed by atoms with van der Waals surface area (Å²) in [6.45, 7) is 8.62. The molecular formula is C21H23N3O2. The summed E-state index contributed by atoms with van der Waals surface area (Å²) in [5.41, 5.74) is 5.46. The highest BCUT2D eigenvalue weighted by atomic mass is 16.5. The van der Waals surface area contributed by atoms with Crippen LogP contribution in [0.25, 0.3) is 10.9 Å². The van der Waals surface area contributed by atoms with Crippen LogP contribution in [0.2, 0.25) is 0 Å². The van der Waals surface area contributed by atoms with Gasteiger partial charge in [0.25, 0.3) is 5.91 Å². The van der Waals surface area contributed by atoms with E-state index in [1.807, 2.05) is 50.8 Å². The molecule has 2 aromatic heterocycles. The number of hydrogen-bond donors (Lipinski definition) is 0. The van der Waals surface area contributed by atoms with Crippen molar-refractivity contribution in [1.82, 2.24) is 15.0 Å². The first kappa shape index (κ1) is 16.8. The summed E-state index contributed by atoms with van der Waals surface area (Å²) in [5, 5.41) is 5.09. The largest absolute Gasteiger partial charge is 0.361 e. The number of carbonyl (C=O) groups is 1. The number of benzene rings is 1. The monoisotopic (exact) mass is 349 g/mol. The van der Waals surface area contributed by atoms with Crippen molar-refractivity contribution in [2.24, 2.45) is 0 Å². The van der Waals surface area contributed by atoms with E-state index in [4.69, 9.17) is 4.52 Å². The van der Waals surface area contributed by atoms with Crippen LogP contribution in [-0.4, -0.2) is 27.5 Å². The average molecular weight is 349 g/mol. The van der Waals surface area contributed by atoms with Crippen LogP contribution in [0.4, 0.5) is 0 Å². The van der Waals surface area contributed by atoms with Crippen LogP contribution in [0.5, 0.6) is 0 Å². The third-order valence-corrected chi connectivity index (χ3v) is 5.34. The summed E-state index contributed by atoms with van der Waals surface area (Å²) >= 11 is 0. The van der Waals surface area contributed by atoms with Gasteiger partial charge in [0.1, 0.15) is 11.5 Å². The normalized spacial score (nSPS) is 17.2. The third-order valence-electron chi connectivity index (χ3n) is 5.34. The zero-order valence-electron chi connectivity index (χ0n) is 15.7. The summed E-state index contributed by atoms with van der Waals surface area (Å²) in [7, 11) is 0. The maximum atomic E-state index is 13.6. The Bertz CT molecular complexity index is 1010. The van der Waals surface area contributed by atoms with E-state index in [-0.39, 0.29) is 11.9 Å². The molecule has 4 rings (SSSR count). The number of carbonyl (C=O) groups excluding carboxylic acids is 1. The Morgan fingerprint density at radius 2 is 2.00 bits per heavy atom. The fourth-order valence-electron chi connectivity index (χ4n) is 3.87. The van der Waals surface area contributed by atoms with Crippen molar-refractivity contribution in [3.05, 3.63) is 58.1 Å². The number of aromatic nitrogens is 2. The van der Waals surface area contributed by atoms with Crippen LogP contribution in [0.1, 0.15) is 57.5 Å². The number of fused-ring (bicyclic) bond motifs is 1. The minimum absolute atomic E-state index is 0.0207. The van der Waals surface area contributed by atoms with Crippen molar-refractivity contribution < 1.29 is 9.32 Å². The number of aryl methyl sites for hydroxylation is 3. The molecule has 0 bridgehead atoms. The van der Waals surface area contributed by atoms with Gasteiger partial charge in [0, 0.05) is 23.7 Å². The van der Waals surface area contributed by atoms with Crippen molar-refractivity contribution in [3.63, 3.8) is 0 Å². The molecule has 0 radical (unpaired) electrons. The predicted octanol–water partition coefficient (Wildman–Crippen LogP) is 4.43. The molecule has 3 aromatic rings. The highest BCUT2D eigenvalue weighted by Crippen LogP contribution is 2.35. The Balaban J connectivity index is 1.83. The second-order valence-corrected chi connectivity index (χ2v) is 7.24. The molecule has 0 unspecified atom stereocenters. The summed E-state index contributed by atoms with van der Waals surface area (Å²) in [6.07, 6.45) is 1.89. The highest BCUT2D eigenvalue weighted by molar-refractivity contribution is 6.08. The van der Waals surface area contributed by atoms with Crippen molar-refractivity contribution in [3.8, 4) is 0 Å². The van der Waals surface area contributed by atoms with Crippen LogP contribution < -0.4 is 0 Å². The molecule has 0 N–H and O–H groups in total. The quantitative estimate of drug-likeness (QED) is 0.686. The fourth-order valence-corrected chi connectivity index (χ4v) is 3.87. The molecule has 5 nitrogen and oxygen atoms in total. The molecule has 1 aromatic carbocycles. The lowest BCUT2D eigenvalue weighted by Crippen LogP contribution is -2.31. The lowest BCUT2D eigenvalue weighted by Gasteiger charge is -2.25. The second kappa shape index (κ2) is 6.24. The van der Waals surface area contributed by atoms with E-state index in [1.165, 1.54) is 0 Å². The molecule has 0 saturated carbocycles. The number of nitrogens with zero attached hydrogens (tertiary/aromatic N) is 3. The molecule has 3 heterocycles. The SMILES string of the molecule is Cc1ccc2nc(C)c(C)c(C(=O)N3CCC[C@@H]3c3cc(C)on3)c2c1. The summed E-state index contributed by atoms with van der Waals surface area (Å²) in [4.78, 5) is 20.2. The zero-order chi connectivity index (χ0) is 18.4. The van der Waals surface area contributed by atoms with Gasteiger partial charge in [-0.3, -0.25) is 9.78 Å². The van der Waals surface area contributed by atoms with Crippen molar-refractivity contribution in [2.75, 3.05) is 6.54 Å². The first-order valence-corrected chi connectivity index (χ1v) is 9.07. The van der Waals surface area contributed by atoms with Crippen molar-refractivity contribution >= 4 is 16.8 Å². The molecule has 1 fully saturated rings. The Labute approximate surface area is 153 Å². The molecule has 26 heavy (non-hydrogen) atoms. The topological polar surface area (TPSA) is 59.2 Å². The van der Waals surface area contributed by atoms with E-state index in [0.29, 0.717) is 0 Å². The van der Waals surface area contributed by atoms with Gasteiger partial charge in [-0.15, -0.1) is 0 Å². The predicted molar refractivity (Wildman–Crippen MR) is 100 cm³/mol. The van der Waals surface area contributed by atoms with Crippen LogP contribution in [0.3, 0.4) is 0 Å².